The van der Waals surface area contributed by atoms with Gasteiger partial charge in [-0.2, -0.15) is 17.2 Å². The van der Waals surface area contributed by atoms with Gasteiger partial charge < -0.3 is 9.47 Å². The van der Waals surface area contributed by atoms with Gasteiger partial charge >= 0.3 is 27.3 Å². The van der Waals surface area contributed by atoms with Gasteiger partial charge in [-0.25, -0.2) is 9.59 Å². The second-order valence-corrected chi connectivity index (χ2v) is 9.01. The summed E-state index contributed by atoms with van der Waals surface area (Å²) in [4.78, 5) is 34.9. The second-order valence-electron chi connectivity index (χ2n) is 6.27. The maximum absolute atomic E-state index is 13.7. The van der Waals surface area contributed by atoms with Crippen LogP contribution in [-0.2, 0) is 26.2 Å². The Kier molecular flexibility index (Phi) is 7.84. The number of nitrogens with zero attached hydrogens (tertiary/aromatic N) is 1. The maximum atomic E-state index is 13.7. The van der Waals surface area contributed by atoms with Crippen LogP contribution in [-0.4, -0.2) is 41.2 Å². The molecule has 14 heteroatoms. The van der Waals surface area contributed by atoms with Crippen LogP contribution in [0.3, 0.4) is 0 Å². The monoisotopic (exact) mass is 585 g/mol. The molecular formula is C18H14F2INO9S. The Morgan fingerprint density at radius 2 is 1.75 bits per heavy atom. The Hall–Kier alpha value is -2.72. The molecule has 0 spiro atoms. The summed E-state index contributed by atoms with van der Waals surface area (Å²) in [6.45, 7) is 0.260. The minimum Gasteiger partial charge on any atom is -0.457 e. The van der Waals surface area contributed by atoms with E-state index >= 15 is 0 Å². The predicted molar refractivity (Wildman–Crippen MR) is 113 cm³/mol. The van der Waals surface area contributed by atoms with Gasteiger partial charge in [0, 0.05) is 15.7 Å². The number of carbonyl (C=O) groups excluding carboxylic acids is 2. The van der Waals surface area contributed by atoms with Crippen molar-refractivity contribution >= 4 is 50.3 Å². The molecule has 1 unspecified atom stereocenters. The van der Waals surface area contributed by atoms with Gasteiger partial charge in [0.05, 0.1) is 16.1 Å². The summed E-state index contributed by atoms with van der Waals surface area (Å²) >= 11 is 2.07. The third-order valence-electron chi connectivity index (χ3n) is 4.04. The van der Waals surface area contributed by atoms with Crippen molar-refractivity contribution in [3.63, 3.8) is 0 Å². The molecule has 2 aromatic carbocycles. The van der Waals surface area contributed by atoms with E-state index in [9.17, 15) is 36.9 Å². The average molecular weight is 585 g/mol. The van der Waals surface area contributed by atoms with Crippen LogP contribution in [0, 0.1) is 13.7 Å². The molecule has 0 bridgehead atoms. The van der Waals surface area contributed by atoms with E-state index in [4.69, 9.17) is 9.29 Å². The van der Waals surface area contributed by atoms with E-state index in [1.807, 2.05) is 0 Å². The molecule has 0 saturated carbocycles. The molecule has 32 heavy (non-hydrogen) atoms. The number of esters is 2. The Bertz CT molecular complexity index is 1150. The van der Waals surface area contributed by atoms with Crippen molar-refractivity contribution in [1.82, 2.24) is 0 Å². The number of alkyl halides is 2. The Balaban J connectivity index is 2.32. The highest BCUT2D eigenvalue weighted by Gasteiger charge is 2.52. The van der Waals surface area contributed by atoms with Crippen LogP contribution in [0.1, 0.15) is 33.2 Å². The summed E-state index contributed by atoms with van der Waals surface area (Å²) in [7, 11) is -5.93. The standard InChI is InChI=1S/C18H14F2INO9S/c1-10(18(19,20)32(27,28)29)31-17(24)15-8-13(22(25)26)6-7-14(15)16(23)30-9-11-2-4-12(21)5-3-11/h2-8,10H,9H2,1H3,(H,27,28,29). The number of carbonyl (C=O) groups is 2. The number of hydrogen-bond acceptors (Lipinski definition) is 8. The lowest BCUT2D eigenvalue weighted by Crippen LogP contribution is -2.42. The molecule has 2 aromatic rings. The van der Waals surface area contributed by atoms with Crippen LogP contribution in [0.4, 0.5) is 14.5 Å². The summed E-state index contributed by atoms with van der Waals surface area (Å²) in [6.07, 6.45) is -2.68. The molecule has 1 N–H and O–H groups in total. The molecule has 0 radical (unpaired) electrons. The first-order valence-electron chi connectivity index (χ1n) is 8.50. The van der Waals surface area contributed by atoms with E-state index in [0.717, 1.165) is 15.7 Å². The molecule has 0 aromatic heterocycles. The van der Waals surface area contributed by atoms with Crippen LogP contribution in [0.2, 0.25) is 0 Å². The lowest BCUT2D eigenvalue weighted by Gasteiger charge is -2.21. The van der Waals surface area contributed by atoms with Gasteiger partial charge in [0.25, 0.3) is 5.69 Å². The van der Waals surface area contributed by atoms with Gasteiger partial charge in [0.15, 0.2) is 6.10 Å². The number of hydrogen-bond donors (Lipinski definition) is 1. The third-order valence-corrected chi connectivity index (χ3v) is 5.78. The molecule has 0 aliphatic rings. The number of ether oxygens (including phenoxy) is 2. The molecule has 1 atom stereocenters. The van der Waals surface area contributed by atoms with E-state index in [2.05, 4.69) is 27.3 Å². The number of halogens is 3. The number of nitro groups is 1. The van der Waals surface area contributed by atoms with Gasteiger partial charge in [-0.1, -0.05) is 12.1 Å². The fraction of sp³-hybridized carbons (Fsp3) is 0.222. The molecule has 0 heterocycles. The minimum absolute atomic E-state index is 0.224. The summed E-state index contributed by atoms with van der Waals surface area (Å²) in [5, 5.41) is 6.15. The van der Waals surface area contributed by atoms with E-state index < -0.39 is 55.2 Å². The summed E-state index contributed by atoms with van der Waals surface area (Å²) in [5.74, 6) is -2.77. The van der Waals surface area contributed by atoms with Gasteiger partial charge in [0.1, 0.15) is 6.61 Å². The highest BCUT2D eigenvalue weighted by Crippen LogP contribution is 2.29. The molecule has 10 nitrogen and oxygen atoms in total. The minimum atomic E-state index is -5.93. The summed E-state index contributed by atoms with van der Waals surface area (Å²) < 4.78 is 68.0. The molecule has 0 amide bonds. The highest BCUT2D eigenvalue weighted by molar-refractivity contribution is 14.1. The van der Waals surface area contributed by atoms with E-state index in [1.165, 1.54) is 0 Å². The largest absolute Gasteiger partial charge is 0.457 e. The van der Waals surface area contributed by atoms with Gasteiger partial charge in [-0.3, -0.25) is 14.7 Å². The van der Waals surface area contributed by atoms with E-state index in [1.54, 1.807) is 24.3 Å². The summed E-state index contributed by atoms with van der Waals surface area (Å²) in [6, 6.07) is 9.18. The zero-order chi connectivity index (χ0) is 24.3. The average Bonchev–Trinajstić information content (AvgIpc) is 2.71. The SMILES string of the molecule is CC(OC(=O)c1cc([N+](=O)[O-])ccc1C(=O)OCc1ccc(I)cc1)C(F)(F)S(=O)(=O)O. The molecule has 0 saturated heterocycles. The maximum Gasteiger partial charge on any atom is 0.405 e. The Morgan fingerprint density at radius 3 is 2.28 bits per heavy atom. The molecule has 0 fully saturated rings. The second kappa shape index (κ2) is 9.83. The highest BCUT2D eigenvalue weighted by atomic mass is 127. The van der Waals surface area contributed by atoms with E-state index in [0.29, 0.717) is 18.6 Å². The molecule has 0 aliphatic heterocycles. The number of nitro benzene ring substituents is 1. The zero-order valence-electron chi connectivity index (χ0n) is 16.0. The topological polar surface area (TPSA) is 150 Å². The first-order chi connectivity index (χ1) is 14.7. The Morgan fingerprint density at radius 1 is 1.16 bits per heavy atom. The van der Waals surface area contributed by atoms with E-state index in [-0.39, 0.29) is 6.61 Å². The van der Waals surface area contributed by atoms with Gasteiger partial charge in [0.2, 0.25) is 0 Å². The quantitative estimate of drug-likeness (QED) is 0.161. The molecular weight excluding hydrogens is 571 g/mol. The lowest BCUT2D eigenvalue weighted by atomic mass is 10.1. The Labute approximate surface area is 193 Å². The third kappa shape index (κ3) is 5.95. The lowest BCUT2D eigenvalue weighted by molar-refractivity contribution is -0.384. The van der Waals surface area contributed by atoms with Crippen molar-refractivity contribution in [3.05, 3.63) is 72.8 Å². The molecule has 172 valence electrons. The van der Waals surface area contributed by atoms with Crippen molar-refractivity contribution in [2.75, 3.05) is 0 Å². The number of non-ortho nitro benzene ring substituents is 1. The number of rotatable bonds is 8. The normalized spacial score (nSPS) is 12.7. The fourth-order valence-electron chi connectivity index (χ4n) is 2.30. The summed E-state index contributed by atoms with van der Waals surface area (Å²) in [5.41, 5.74) is -1.41. The molecule has 0 aliphatic carbocycles. The number of benzene rings is 2. The van der Waals surface area contributed by atoms with Crippen molar-refractivity contribution < 1.29 is 45.7 Å². The predicted octanol–water partition coefficient (Wildman–Crippen LogP) is 3.58. The van der Waals surface area contributed by atoms with Gasteiger partial charge in [-0.05, 0) is 53.3 Å². The smallest absolute Gasteiger partial charge is 0.405 e. The van der Waals surface area contributed by atoms with Crippen molar-refractivity contribution in [1.29, 1.82) is 0 Å². The van der Waals surface area contributed by atoms with Crippen LogP contribution >= 0.6 is 22.6 Å². The fourth-order valence-corrected chi connectivity index (χ4v) is 3.13. The zero-order valence-corrected chi connectivity index (χ0v) is 19.0. The van der Waals surface area contributed by atoms with Crippen molar-refractivity contribution in [2.24, 2.45) is 0 Å². The first-order valence-corrected chi connectivity index (χ1v) is 11.0. The molecule has 2 rings (SSSR count). The van der Waals surface area contributed by atoms with Crippen molar-refractivity contribution in [3.8, 4) is 0 Å². The van der Waals surface area contributed by atoms with Gasteiger partial charge in [-0.15, -0.1) is 0 Å². The van der Waals surface area contributed by atoms with Crippen LogP contribution in [0.15, 0.2) is 42.5 Å². The van der Waals surface area contributed by atoms with Crippen LogP contribution < -0.4 is 0 Å². The first kappa shape index (κ1) is 25.5. The van der Waals surface area contributed by atoms with Crippen LogP contribution in [0.5, 0.6) is 0 Å². The van der Waals surface area contributed by atoms with Crippen molar-refractivity contribution in [2.45, 2.75) is 24.9 Å². The van der Waals surface area contributed by atoms with Crippen LogP contribution in [0.25, 0.3) is 0 Å².